The lowest BCUT2D eigenvalue weighted by molar-refractivity contribution is -0.116. The number of carbonyl (C=O) groups is 1. The number of nitrogens with zero attached hydrogens (tertiary/aromatic N) is 2. The van der Waals surface area contributed by atoms with Gasteiger partial charge in [-0.05, 0) is 48.0 Å². The SMILES string of the molecule is CCN(CC)S(=O)(=O)c1ccc(/C=C/C(=O)NCc2ccc(-c3nc4ccccc4s3)o2)cc1. The summed E-state index contributed by atoms with van der Waals surface area (Å²) in [4.78, 5) is 17.0. The summed E-state index contributed by atoms with van der Waals surface area (Å²) in [5.74, 6) is 1.01. The molecule has 0 atom stereocenters. The van der Waals surface area contributed by atoms with E-state index in [0.29, 0.717) is 24.6 Å². The number of furan rings is 1. The zero-order chi connectivity index (χ0) is 24.1. The van der Waals surface area contributed by atoms with Crippen LogP contribution in [0.2, 0.25) is 0 Å². The van der Waals surface area contributed by atoms with Crippen LogP contribution in [-0.4, -0.2) is 36.7 Å². The maximum absolute atomic E-state index is 12.6. The van der Waals surface area contributed by atoms with Crippen LogP contribution in [0.5, 0.6) is 0 Å². The Labute approximate surface area is 202 Å². The Hall–Kier alpha value is -3.27. The summed E-state index contributed by atoms with van der Waals surface area (Å²) in [7, 11) is -3.50. The normalized spacial score (nSPS) is 12.1. The number of benzene rings is 2. The van der Waals surface area contributed by atoms with Crippen LogP contribution in [0, 0.1) is 0 Å². The van der Waals surface area contributed by atoms with Crippen LogP contribution in [0.25, 0.3) is 27.1 Å². The molecule has 1 amide bonds. The highest BCUT2D eigenvalue weighted by Gasteiger charge is 2.21. The number of hydrogen-bond donors (Lipinski definition) is 1. The van der Waals surface area contributed by atoms with Gasteiger partial charge < -0.3 is 9.73 Å². The predicted octanol–water partition coefficient (Wildman–Crippen LogP) is 4.92. The van der Waals surface area contributed by atoms with Crippen LogP contribution < -0.4 is 5.32 Å². The first-order valence-corrected chi connectivity index (χ1v) is 13.2. The van der Waals surface area contributed by atoms with Gasteiger partial charge in [-0.25, -0.2) is 13.4 Å². The van der Waals surface area contributed by atoms with Crippen molar-refractivity contribution in [3.8, 4) is 10.8 Å². The van der Waals surface area contributed by atoms with Crippen molar-refractivity contribution in [2.45, 2.75) is 25.3 Å². The van der Waals surface area contributed by atoms with Gasteiger partial charge in [0, 0.05) is 19.2 Å². The molecule has 0 fully saturated rings. The van der Waals surface area contributed by atoms with Crippen molar-refractivity contribution in [2.24, 2.45) is 0 Å². The summed E-state index contributed by atoms with van der Waals surface area (Å²) in [6, 6.07) is 18.0. The summed E-state index contributed by atoms with van der Waals surface area (Å²) in [6.45, 7) is 4.69. The van der Waals surface area contributed by atoms with E-state index in [1.807, 2.05) is 36.4 Å². The minimum absolute atomic E-state index is 0.236. The Bertz CT molecular complexity index is 1380. The quantitative estimate of drug-likeness (QED) is 0.333. The molecule has 2 aromatic carbocycles. The lowest BCUT2D eigenvalue weighted by atomic mass is 10.2. The van der Waals surface area contributed by atoms with E-state index in [2.05, 4.69) is 10.3 Å². The molecular weight excluding hydrogens is 470 g/mol. The van der Waals surface area contributed by atoms with Crippen molar-refractivity contribution in [3.05, 3.63) is 78.1 Å². The van der Waals surface area contributed by atoms with Crippen LogP contribution in [0.3, 0.4) is 0 Å². The third kappa shape index (κ3) is 5.27. The molecule has 9 heteroatoms. The van der Waals surface area contributed by atoms with Crippen LogP contribution >= 0.6 is 11.3 Å². The monoisotopic (exact) mass is 495 g/mol. The molecule has 0 saturated carbocycles. The molecule has 176 valence electrons. The lowest BCUT2D eigenvalue weighted by Gasteiger charge is -2.18. The van der Waals surface area contributed by atoms with Crippen molar-refractivity contribution in [1.29, 1.82) is 0 Å². The standard InChI is InChI=1S/C25H25N3O4S2/c1-3-28(4-2)34(30,31)20-13-9-18(10-14-20)11-16-24(29)26-17-19-12-15-22(32-19)25-27-21-7-5-6-8-23(21)33-25/h5-16H,3-4,17H2,1-2H3,(H,26,29)/b16-11+. The Balaban J connectivity index is 1.34. The fourth-order valence-corrected chi connectivity index (χ4v) is 5.82. The summed E-state index contributed by atoms with van der Waals surface area (Å²) in [5, 5.41) is 3.58. The number of nitrogens with one attached hydrogen (secondary N) is 1. The zero-order valence-electron chi connectivity index (χ0n) is 18.9. The Kier molecular flexibility index (Phi) is 7.26. The lowest BCUT2D eigenvalue weighted by Crippen LogP contribution is -2.30. The van der Waals surface area contributed by atoms with Gasteiger partial charge in [0.05, 0.1) is 21.7 Å². The molecular formula is C25H25N3O4S2. The summed E-state index contributed by atoms with van der Waals surface area (Å²) in [6.07, 6.45) is 3.04. The number of thiazole rings is 1. The van der Waals surface area contributed by atoms with E-state index in [1.165, 1.54) is 10.4 Å². The average molecular weight is 496 g/mol. The Morgan fingerprint density at radius 2 is 1.79 bits per heavy atom. The molecule has 0 aliphatic carbocycles. The molecule has 34 heavy (non-hydrogen) atoms. The number of rotatable bonds is 9. The maximum Gasteiger partial charge on any atom is 0.244 e. The van der Waals surface area contributed by atoms with E-state index < -0.39 is 10.0 Å². The second-order valence-electron chi connectivity index (χ2n) is 7.46. The van der Waals surface area contributed by atoms with Gasteiger partial charge in [-0.2, -0.15) is 4.31 Å². The summed E-state index contributed by atoms with van der Waals surface area (Å²) in [5.41, 5.74) is 1.65. The molecule has 0 bridgehead atoms. The highest BCUT2D eigenvalue weighted by atomic mass is 32.2. The molecule has 2 aromatic heterocycles. The summed E-state index contributed by atoms with van der Waals surface area (Å²) < 4.78 is 33.5. The Morgan fingerprint density at radius 3 is 2.50 bits per heavy atom. The molecule has 4 aromatic rings. The van der Waals surface area contributed by atoms with Gasteiger partial charge in [0.15, 0.2) is 10.8 Å². The number of para-hydroxylation sites is 1. The van der Waals surface area contributed by atoms with Crippen molar-refractivity contribution in [1.82, 2.24) is 14.6 Å². The number of carbonyl (C=O) groups excluding carboxylic acids is 1. The van der Waals surface area contributed by atoms with E-state index in [9.17, 15) is 13.2 Å². The van der Waals surface area contributed by atoms with Gasteiger partial charge in [-0.1, -0.05) is 38.1 Å². The molecule has 4 rings (SSSR count). The third-order valence-electron chi connectivity index (χ3n) is 5.25. The van der Waals surface area contributed by atoms with Gasteiger partial charge in [-0.15, -0.1) is 11.3 Å². The van der Waals surface area contributed by atoms with E-state index in [1.54, 1.807) is 55.5 Å². The molecule has 7 nitrogen and oxygen atoms in total. The van der Waals surface area contributed by atoms with Crippen molar-refractivity contribution >= 4 is 43.6 Å². The molecule has 0 aliphatic heterocycles. The molecule has 0 spiro atoms. The first-order chi connectivity index (χ1) is 16.4. The second-order valence-corrected chi connectivity index (χ2v) is 10.4. The van der Waals surface area contributed by atoms with Gasteiger partial charge in [0.25, 0.3) is 0 Å². The van der Waals surface area contributed by atoms with E-state index in [4.69, 9.17) is 4.42 Å². The summed E-state index contributed by atoms with van der Waals surface area (Å²) >= 11 is 1.56. The number of amides is 1. The van der Waals surface area contributed by atoms with Gasteiger partial charge in [0.2, 0.25) is 15.9 Å². The van der Waals surface area contributed by atoms with Crippen LogP contribution in [0.1, 0.15) is 25.2 Å². The molecule has 0 aliphatic rings. The molecule has 0 radical (unpaired) electrons. The van der Waals surface area contributed by atoms with Crippen LogP contribution in [0.4, 0.5) is 0 Å². The van der Waals surface area contributed by atoms with Gasteiger partial charge >= 0.3 is 0 Å². The first kappa shape index (κ1) is 23.9. The Morgan fingerprint density at radius 1 is 1.06 bits per heavy atom. The predicted molar refractivity (Wildman–Crippen MR) is 135 cm³/mol. The molecule has 2 heterocycles. The van der Waals surface area contributed by atoms with Crippen LogP contribution in [-0.2, 0) is 21.4 Å². The van der Waals surface area contributed by atoms with Gasteiger partial charge in [0.1, 0.15) is 5.76 Å². The fraction of sp³-hybridized carbons (Fsp3) is 0.200. The minimum Gasteiger partial charge on any atom is -0.457 e. The highest BCUT2D eigenvalue weighted by Crippen LogP contribution is 2.31. The smallest absolute Gasteiger partial charge is 0.244 e. The minimum atomic E-state index is -3.50. The first-order valence-electron chi connectivity index (χ1n) is 10.9. The number of hydrogen-bond acceptors (Lipinski definition) is 6. The average Bonchev–Trinajstić information content (AvgIpc) is 3.49. The molecule has 0 unspecified atom stereocenters. The topological polar surface area (TPSA) is 92.5 Å². The highest BCUT2D eigenvalue weighted by molar-refractivity contribution is 7.89. The van der Waals surface area contributed by atoms with E-state index in [-0.39, 0.29) is 17.3 Å². The van der Waals surface area contributed by atoms with Crippen molar-refractivity contribution in [3.63, 3.8) is 0 Å². The largest absolute Gasteiger partial charge is 0.457 e. The molecule has 0 saturated heterocycles. The zero-order valence-corrected chi connectivity index (χ0v) is 20.5. The number of aromatic nitrogens is 1. The maximum atomic E-state index is 12.6. The van der Waals surface area contributed by atoms with E-state index >= 15 is 0 Å². The van der Waals surface area contributed by atoms with Crippen LogP contribution in [0.15, 0.2) is 76.1 Å². The van der Waals surface area contributed by atoms with Gasteiger partial charge in [-0.3, -0.25) is 4.79 Å². The molecule has 1 N–H and O–H groups in total. The second kappa shape index (κ2) is 10.3. The number of fused-ring (bicyclic) bond motifs is 1. The fourth-order valence-electron chi connectivity index (χ4n) is 3.43. The van der Waals surface area contributed by atoms with E-state index in [0.717, 1.165) is 20.8 Å². The third-order valence-corrected chi connectivity index (χ3v) is 8.37. The van der Waals surface area contributed by atoms with Crippen molar-refractivity contribution < 1.29 is 17.6 Å². The van der Waals surface area contributed by atoms with Crippen molar-refractivity contribution in [2.75, 3.05) is 13.1 Å². The number of sulfonamides is 1.